The Kier molecular flexibility index (Phi) is 10.4. The number of halogens is 1. The summed E-state index contributed by atoms with van der Waals surface area (Å²) >= 11 is 0. The molecule has 1 aromatic carbocycles. The summed E-state index contributed by atoms with van der Waals surface area (Å²) in [6, 6.07) is 7.92. The molecule has 0 saturated carbocycles. The molecule has 0 aromatic heterocycles. The van der Waals surface area contributed by atoms with Gasteiger partial charge in [-0.05, 0) is 44.9 Å². The maximum atomic E-state index is 11.7. The van der Waals surface area contributed by atoms with Crippen molar-refractivity contribution in [2.45, 2.75) is 32.8 Å². The number of aliphatic imine (C=N–C) groups is 1. The van der Waals surface area contributed by atoms with E-state index in [1.807, 2.05) is 45.0 Å². The van der Waals surface area contributed by atoms with Crippen molar-refractivity contribution in [3.8, 4) is 5.75 Å². The van der Waals surface area contributed by atoms with Crippen LogP contribution in [0, 0.1) is 0 Å². The van der Waals surface area contributed by atoms with Gasteiger partial charge in [-0.2, -0.15) is 0 Å². The number of nitrogens with zero attached hydrogens (tertiary/aromatic N) is 1. The Morgan fingerprint density at radius 2 is 1.79 bits per heavy atom. The number of ether oxygens (including phenoxy) is 2. The van der Waals surface area contributed by atoms with Gasteiger partial charge in [-0.1, -0.05) is 12.1 Å². The summed E-state index contributed by atoms with van der Waals surface area (Å²) in [5, 5.41) is 6.11. The number of benzene rings is 1. The van der Waals surface area contributed by atoms with Crippen LogP contribution in [-0.2, 0) is 16.0 Å². The number of carbonyl (C=O) groups is 1. The molecule has 0 spiro atoms. The van der Waals surface area contributed by atoms with Crippen LogP contribution in [0.15, 0.2) is 29.3 Å². The number of carbonyl (C=O) groups excluding carboxylic acids is 1. The van der Waals surface area contributed by atoms with Gasteiger partial charge < -0.3 is 20.1 Å². The summed E-state index contributed by atoms with van der Waals surface area (Å²) in [6.07, 6.45) is 0.844. The van der Waals surface area contributed by atoms with Crippen LogP contribution in [0.25, 0.3) is 0 Å². The lowest BCUT2D eigenvalue weighted by molar-refractivity contribution is -0.153. The average Bonchev–Trinajstić information content (AvgIpc) is 2.49. The molecule has 0 aliphatic heterocycles. The Balaban J connectivity index is 0.00000529. The molecular formula is C17H28IN3O3. The van der Waals surface area contributed by atoms with Crippen LogP contribution in [0.3, 0.4) is 0 Å². The summed E-state index contributed by atoms with van der Waals surface area (Å²) < 4.78 is 10.4. The highest BCUT2D eigenvalue weighted by molar-refractivity contribution is 14.0. The zero-order valence-corrected chi connectivity index (χ0v) is 17.3. The topological polar surface area (TPSA) is 72.0 Å². The van der Waals surface area contributed by atoms with E-state index < -0.39 is 5.60 Å². The van der Waals surface area contributed by atoms with Gasteiger partial charge >= 0.3 is 5.97 Å². The van der Waals surface area contributed by atoms with E-state index in [4.69, 9.17) is 9.47 Å². The molecule has 0 radical (unpaired) electrons. The number of hydrogen-bond donors (Lipinski definition) is 2. The highest BCUT2D eigenvalue weighted by Crippen LogP contribution is 2.11. The predicted octanol–water partition coefficient (Wildman–Crippen LogP) is 2.36. The first-order valence-electron chi connectivity index (χ1n) is 7.63. The van der Waals surface area contributed by atoms with E-state index in [9.17, 15) is 4.79 Å². The standard InChI is InChI=1S/C17H27N3O3.HI/c1-17(2,3)23-15(21)12-20-16(18-4)19-11-10-13-6-8-14(22-5)9-7-13;/h6-9H,10-12H2,1-5H3,(H2,18,19,20);1H. The molecule has 0 heterocycles. The zero-order valence-electron chi connectivity index (χ0n) is 15.0. The van der Waals surface area contributed by atoms with E-state index in [-0.39, 0.29) is 36.5 Å². The number of nitrogens with one attached hydrogen (secondary N) is 2. The van der Waals surface area contributed by atoms with Crippen molar-refractivity contribution in [2.24, 2.45) is 4.99 Å². The highest BCUT2D eigenvalue weighted by atomic mass is 127. The van der Waals surface area contributed by atoms with E-state index in [2.05, 4.69) is 15.6 Å². The first kappa shape index (κ1) is 22.5. The molecule has 2 N–H and O–H groups in total. The molecule has 0 amide bonds. The van der Waals surface area contributed by atoms with Crippen LogP contribution in [0.2, 0.25) is 0 Å². The lowest BCUT2D eigenvalue weighted by atomic mass is 10.1. The molecule has 7 heteroatoms. The fourth-order valence-electron chi connectivity index (χ4n) is 1.87. The van der Waals surface area contributed by atoms with E-state index in [0.29, 0.717) is 12.5 Å². The first-order chi connectivity index (χ1) is 10.8. The van der Waals surface area contributed by atoms with Gasteiger partial charge in [0.2, 0.25) is 0 Å². The largest absolute Gasteiger partial charge is 0.497 e. The number of esters is 1. The molecule has 0 unspecified atom stereocenters. The molecule has 1 aromatic rings. The molecule has 136 valence electrons. The molecule has 6 nitrogen and oxygen atoms in total. The monoisotopic (exact) mass is 449 g/mol. The van der Waals surface area contributed by atoms with Crippen molar-refractivity contribution in [1.82, 2.24) is 10.6 Å². The summed E-state index contributed by atoms with van der Waals surface area (Å²) in [6.45, 7) is 6.31. The SMILES string of the molecule is CN=C(NCCc1ccc(OC)cc1)NCC(=O)OC(C)(C)C.I. The lowest BCUT2D eigenvalue weighted by Crippen LogP contribution is -2.42. The smallest absolute Gasteiger partial charge is 0.325 e. The van der Waals surface area contributed by atoms with Gasteiger partial charge in [0.25, 0.3) is 0 Å². The molecule has 24 heavy (non-hydrogen) atoms. The molecule has 0 saturated heterocycles. The van der Waals surface area contributed by atoms with Crippen LogP contribution >= 0.6 is 24.0 Å². The van der Waals surface area contributed by atoms with E-state index >= 15 is 0 Å². The second-order valence-electron chi connectivity index (χ2n) is 6.04. The Morgan fingerprint density at radius 3 is 2.29 bits per heavy atom. The molecule has 1 rings (SSSR count). The van der Waals surface area contributed by atoms with Crippen molar-refractivity contribution in [2.75, 3.05) is 27.2 Å². The quantitative estimate of drug-likeness (QED) is 0.302. The summed E-state index contributed by atoms with van der Waals surface area (Å²) in [7, 11) is 3.31. The Morgan fingerprint density at radius 1 is 1.17 bits per heavy atom. The average molecular weight is 449 g/mol. The second kappa shape index (κ2) is 11.1. The van der Waals surface area contributed by atoms with Crippen molar-refractivity contribution < 1.29 is 14.3 Å². The predicted molar refractivity (Wildman–Crippen MR) is 107 cm³/mol. The highest BCUT2D eigenvalue weighted by Gasteiger charge is 2.16. The Labute approximate surface area is 161 Å². The number of methoxy groups -OCH3 is 1. The van der Waals surface area contributed by atoms with Gasteiger partial charge in [0, 0.05) is 13.6 Å². The number of rotatable bonds is 6. The van der Waals surface area contributed by atoms with E-state index in [1.165, 1.54) is 5.56 Å². The number of guanidine groups is 1. The first-order valence-corrected chi connectivity index (χ1v) is 7.63. The molecule has 0 aliphatic carbocycles. The third-order valence-electron chi connectivity index (χ3n) is 2.91. The van der Waals surface area contributed by atoms with Crippen molar-refractivity contribution in [3.05, 3.63) is 29.8 Å². The van der Waals surface area contributed by atoms with Gasteiger partial charge in [0.05, 0.1) is 7.11 Å². The summed E-state index contributed by atoms with van der Waals surface area (Å²) in [4.78, 5) is 15.7. The minimum Gasteiger partial charge on any atom is -0.497 e. The van der Waals surface area contributed by atoms with E-state index in [1.54, 1.807) is 14.2 Å². The van der Waals surface area contributed by atoms with Crippen molar-refractivity contribution in [3.63, 3.8) is 0 Å². The van der Waals surface area contributed by atoms with Crippen LogP contribution in [0.5, 0.6) is 5.75 Å². The Bertz CT molecular complexity index is 525. The zero-order chi connectivity index (χ0) is 17.3. The van der Waals surface area contributed by atoms with Gasteiger partial charge in [0.15, 0.2) is 5.96 Å². The van der Waals surface area contributed by atoms with E-state index in [0.717, 1.165) is 12.2 Å². The lowest BCUT2D eigenvalue weighted by Gasteiger charge is -2.20. The van der Waals surface area contributed by atoms with Crippen LogP contribution < -0.4 is 15.4 Å². The molecule has 0 atom stereocenters. The number of hydrogen-bond acceptors (Lipinski definition) is 4. The van der Waals surface area contributed by atoms with Crippen molar-refractivity contribution in [1.29, 1.82) is 0 Å². The maximum absolute atomic E-state index is 11.7. The van der Waals surface area contributed by atoms with Gasteiger partial charge in [0.1, 0.15) is 17.9 Å². The molecular weight excluding hydrogens is 421 g/mol. The minimum atomic E-state index is -0.482. The normalized spacial score (nSPS) is 11.3. The Hall–Kier alpha value is -1.51. The minimum absolute atomic E-state index is 0. The second-order valence-corrected chi connectivity index (χ2v) is 6.04. The van der Waals surface area contributed by atoms with Gasteiger partial charge in [-0.25, -0.2) is 0 Å². The molecule has 0 aliphatic rings. The fraction of sp³-hybridized carbons (Fsp3) is 0.529. The molecule has 0 fully saturated rings. The van der Waals surface area contributed by atoms with Gasteiger partial charge in [-0.3, -0.25) is 9.79 Å². The van der Waals surface area contributed by atoms with Crippen LogP contribution in [-0.4, -0.2) is 44.8 Å². The summed E-state index contributed by atoms with van der Waals surface area (Å²) in [5.74, 6) is 1.11. The fourth-order valence-corrected chi connectivity index (χ4v) is 1.87. The third kappa shape index (κ3) is 9.59. The summed E-state index contributed by atoms with van der Waals surface area (Å²) in [5.41, 5.74) is 0.713. The van der Waals surface area contributed by atoms with Gasteiger partial charge in [-0.15, -0.1) is 24.0 Å². The van der Waals surface area contributed by atoms with Crippen molar-refractivity contribution >= 4 is 35.9 Å². The third-order valence-corrected chi connectivity index (χ3v) is 2.91. The maximum Gasteiger partial charge on any atom is 0.325 e. The van der Waals surface area contributed by atoms with Crippen LogP contribution in [0.4, 0.5) is 0 Å². The molecule has 0 bridgehead atoms. The van der Waals surface area contributed by atoms with Crippen LogP contribution in [0.1, 0.15) is 26.3 Å².